The highest BCUT2D eigenvalue weighted by Gasteiger charge is 2.13. The zero-order valence-electron chi connectivity index (χ0n) is 8.72. The van der Waals surface area contributed by atoms with Gasteiger partial charge in [0.1, 0.15) is 0 Å². The van der Waals surface area contributed by atoms with Gasteiger partial charge in [-0.2, -0.15) is 0 Å². The molecule has 2 N–H and O–H groups in total. The molecule has 0 spiro atoms. The molecule has 4 nitrogen and oxygen atoms in total. The van der Waals surface area contributed by atoms with Gasteiger partial charge in [0.15, 0.2) is 5.76 Å². The van der Waals surface area contributed by atoms with E-state index in [0.717, 1.165) is 10.9 Å². The molecule has 2 heterocycles. The number of fused-ring (bicyclic) bond motifs is 1. The summed E-state index contributed by atoms with van der Waals surface area (Å²) in [5.41, 5.74) is 6.96. The van der Waals surface area contributed by atoms with Crippen LogP contribution < -0.4 is 5.73 Å². The lowest BCUT2D eigenvalue weighted by Gasteiger charge is -2.04. The van der Waals surface area contributed by atoms with Gasteiger partial charge < -0.3 is 10.2 Å². The summed E-state index contributed by atoms with van der Waals surface area (Å²) >= 11 is 6.18. The van der Waals surface area contributed by atoms with Crippen LogP contribution in [0.4, 0.5) is 6.01 Å². The van der Waals surface area contributed by atoms with E-state index in [4.69, 9.17) is 21.8 Å². The van der Waals surface area contributed by atoms with E-state index in [9.17, 15) is 0 Å². The second kappa shape index (κ2) is 3.75. The predicted octanol–water partition coefficient (Wildman–Crippen LogP) is 3.13. The first-order valence-electron chi connectivity index (χ1n) is 5.00. The van der Waals surface area contributed by atoms with Crippen LogP contribution in [0.5, 0.6) is 0 Å². The number of aromatic nitrogens is 2. The average Bonchev–Trinajstić information content (AvgIpc) is 2.75. The Morgan fingerprint density at radius 2 is 2.06 bits per heavy atom. The highest BCUT2D eigenvalue weighted by molar-refractivity contribution is 6.34. The minimum absolute atomic E-state index is 0.115. The molecule has 0 aliphatic heterocycles. The normalized spacial score (nSPS) is 10.9. The van der Waals surface area contributed by atoms with Crippen LogP contribution >= 0.6 is 11.6 Å². The maximum absolute atomic E-state index is 6.18. The van der Waals surface area contributed by atoms with Crippen molar-refractivity contribution in [2.75, 3.05) is 5.73 Å². The number of halogens is 1. The topological polar surface area (TPSA) is 64.9 Å². The summed E-state index contributed by atoms with van der Waals surface area (Å²) in [6.45, 7) is 0. The van der Waals surface area contributed by atoms with Crippen LogP contribution in [0.3, 0.4) is 0 Å². The van der Waals surface area contributed by atoms with Gasteiger partial charge in [0.05, 0.1) is 22.3 Å². The third-order valence-corrected chi connectivity index (χ3v) is 2.81. The fourth-order valence-electron chi connectivity index (χ4n) is 1.76. The molecule has 2 aromatic heterocycles. The van der Waals surface area contributed by atoms with Crippen molar-refractivity contribution in [1.82, 2.24) is 9.97 Å². The van der Waals surface area contributed by atoms with E-state index >= 15 is 0 Å². The number of hydrogen-bond donors (Lipinski definition) is 1. The fourth-order valence-corrected chi connectivity index (χ4v) is 2.00. The fraction of sp³-hybridized carbons (Fsp3) is 0. The first-order valence-corrected chi connectivity index (χ1v) is 5.38. The van der Waals surface area contributed by atoms with Crippen molar-refractivity contribution >= 4 is 28.5 Å². The zero-order valence-corrected chi connectivity index (χ0v) is 9.48. The molecule has 84 valence electrons. The van der Waals surface area contributed by atoms with Crippen LogP contribution in [0, 0.1) is 0 Å². The van der Waals surface area contributed by atoms with Gasteiger partial charge in [-0.3, -0.25) is 4.98 Å². The maximum Gasteiger partial charge on any atom is 0.292 e. The number of pyridine rings is 1. The lowest BCUT2D eigenvalue weighted by molar-refractivity contribution is 0.595. The lowest BCUT2D eigenvalue weighted by atomic mass is 10.1. The minimum Gasteiger partial charge on any atom is -0.424 e. The van der Waals surface area contributed by atoms with Crippen molar-refractivity contribution in [3.05, 3.63) is 41.7 Å². The Labute approximate surface area is 102 Å². The first-order chi connectivity index (χ1) is 8.25. The van der Waals surface area contributed by atoms with Gasteiger partial charge in [-0.05, 0) is 12.1 Å². The van der Waals surface area contributed by atoms with Crippen molar-refractivity contribution in [1.29, 1.82) is 0 Å². The van der Waals surface area contributed by atoms with E-state index in [1.54, 1.807) is 18.5 Å². The minimum atomic E-state index is 0.115. The molecule has 1 aromatic carbocycles. The van der Waals surface area contributed by atoms with E-state index in [0.29, 0.717) is 16.3 Å². The molecular weight excluding hydrogens is 238 g/mol. The monoisotopic (exact) mass is 245 g/mol. The van der Waals surface area contributed by atoms with Crippen LogP contribution in [-0.4, -0.2) is 9.97 Å². The molecule has 0 bridgehead atoms. The smallest absolute Gasteiger partial charge is 0.292 e. The van der Waals surface area contributed by atoms with E-state index in [1.807, 2.05) is 18.2 Å². The second-order valence-electron chi connectivity index (χ2n) is 3.56. The molecule has 5 heteroatoms. The Balaban J connectivity index is 2.38. The van der Waals surface area contributed by atoms with E-state index in [1.165, 1.54) is 0 Å². The van der Waals surface area contributed by atoms with Crippen LogP contribution in [0.15, 0.2) is 41.1 Å². The molecule has 0 saturated carbocycles. The van der Waals surface area contributed by atoms with E-state index < -0.39 is 0 Å². The van der Waals surface area contributed by atoms with Crippen molar-refractivity contribution in [3.8, 4) is 11.3 Å². The highest BCUT2D eigenvalue weighted by atomic mass is 35.5. The largest absolute Gasteiger partial charge is 0.424 e. The predicted molar refractivity (Wildman–Crippen MR) is 66.7 cm³/mol. The average molecular weight is 246 g/mol. The molecule has 3 aromatic rings. The number of anilines is 1. The summed E-state index contributed by atoms with van der Waals surface area (Å²) < 4.78 is 5.30. The molecule has 0 radical (unpaired) electrons. The summed E-state index contributed by atoms with van der Waals surface area (Å²) in [7, 11) is 0. The molecule has 17 heavy (non-hydrogen) atoms. The number of nitrogens with two attached hydrogens (primary N) is 1. The second-order valence-corrected chi connectivity index (χ2v) is 3.97. The van der Waals surface area contributed by atoms with Crippen molar-refractivity contribution in [3.63, 3.8) is 0 Å². The van der Waals surface area contributed by atoms with Crippen LogP contribution in [-0.2, 0) is 0 Å². The Kier molecular flexibility index (Phi) is 2.23. The Morgan fingerprint density at radius 1 is 1.18 bits per heavy atom. The summed E-state index contributed by atoms with van der Waals surface area (Å²) in [6.07, 6.45) is 3.26. The number of rotatable bonds is 1. The summed E-state index contributed by atoms with van der Waals surface area (Å²) in [4.78, 5) is 8.18. The van der Waals surface area contributed by atoms with Crippen LogP contribution in [0.1, 0.15) is 0 Å². The number of hydrogen-bond acceptors (Lipinski definition) is 4. The summed E-state index contributed by atoms with van der Waals surface area (Å²) in [6, 6.07) is 7.66. The molecule has 0 saturated heterocycles. The summed E-state index contributed by atoms with van der Waals surface area (Å²) in [5, 5.41) is 1.55. The maximum atomic E-state index is 6.18. The number of oxazole rings is 1. The molecule has 0 unspecified atom stereocenters. The van der Waals surface area contributed by atoms with Gasteiger partial charge in [-0.25, -0.2) is 4.98 Å². The Hall–Kier alpha value is -2.07. The van der Waals surface area contributed by atoms with Crippen LogP contribution in [0.2, 0.25) is 5.02 Å². The molecule has 0 aliphatic carbocycles. The lowest BCUT2D eigenvalue weighted by Crippen LogP contribution is -1.84. The van der Waals surface area contributed by atoms with E-state index in [-0.39, 0.29) is 6.01 Å². The molecule has 0 aliphatic rings. The molecule has 3 rings (SSSR count). The van der Waals surface area contributed by atoms with E-state index in [2.05, 4.69) is 9.97 Å². The molecular formula is C12H8ClN3O. The Bertz CT molecular complexity index is 693. The van der Waals surface area contributed by atoms with Gasteiger partial charge in [0.25, 0.3) is 6.01 Å². The molecule has 0 amide bonds. The highest BCUT2D eigenvalue weighted by Crippen LogP contribution is 2.34. The van der Waals surface area contributed by atoms with Gasteiger partial charge >= 0.3 is 0 Å². The zero-order chi connectivity index (χ0) is 11.8. The number of nitrogen functional groups attached to an aromatic ring is 1. The van der Waals surface area contributed by atoms with Crippen LogP contribution in [0.25, 0.3) is 22.2 Å². The van der Waals surface area contributed by atoms with Gasteiger partial charge in [-0.15, -0.1) is 0 Å². The third kappa shape index (κ3) is 1.62. The Morgan fingerprint density at radius 3 is 2.82 bits per heavy atom. The van der Waals surface area contributed by atoms with Gasteiger partial charge in [0.2, 0.25) is 0 Å². The summed E-state index contributed by atoms with van der Waals surface area (Å²) in [5.74, 6) is 0.525. The van der Waals surface area contributed by atoms with Gasteiger partial charge in [0, 0.05) is 11.6 Å². The third-order valence-electron chi connectivity index (χ3n) is 2.49. The van der Waals surface area contributed by atoms with Gasteiger partial charge in [-0.1, -0.05) is 23.7 Å². The SMILES string of the molecule is Nc1ncc(-c2c(Cl)ccc3cccnc23)o1. The molecule has 0 atom stereocenters. The van der Waals surface area contributed by atoms with Crippen molar-refractivity contribution in [2.24, 2.45) is 0 Å². The standard InChI is InChI=1S/C12H8ClN3O/c13-8-4-3-7-2-1-5-15-11(7)10(8)9-6-16-12(14)17-9/h1-6H,(H2,14,16). The number of nitrogens with zero attached hydrogens (tertiary/aromatic N) is 2. The first kappa shape index (κ1) is 10.1. The quantitative estimate of drug-likeness (QED) is 0.715. The van der Waals surface area contributed by atoms with Crippen molar-refractivity contribution in [2.45, 2.75) is 0 Å². The molecule has 0 fully saturated rings. The van der Waals surface area contributed by atoms with Crippen molar-refractivity contribution < 1.29 is 4.42 Å². The number of benzene rings is 1.